The summed E-state index contributed by atoms with van der Waals surface area (Å²) in [4.78, 5) is -0.430. The van der Waals surface area contributed by atoms with Crippen LogP contribution in [0.4, 0.5) is 10.1 Å². The predicted molar refractivity (Wildman–Crippen MR) is 74.3 cm³/mol. The molecule has 7 heteroatoms. The topological polar surface area (TPSA) is 81.4 Å². The van der Waals surface area contributed by atoms with Gasteiger partial charge in [0.1, 0.15) is 10.7 Å². The minimum absolute atomic E-state index is 0.243. The van der Waals surface area contributed by atoms with E-state index in [1.54, 1.807) is 20.8 Å². The zero-order valence-corrected chi connectivity index (χ0v) is 12.6. The summed E-state index contributed by atoms with van der Waals surface area (Å²) >= 11 is 0. The zero-order valence-electron chi connectivity index (χ0n) is 11.7. The van der Waals surface area contributed by atoms with E-state index in [0.717, 1.165) is 12.1 Å². The lowest BCUT2D eigenvalue weighted by atomic mass is 9.97. The Morgan fingerprint density at radius 1 is 1.50 bits per heavy atom. The summed E-state index contributed by atoms with van der Waals surface area (Å²) < 4.78 is 46.6. The first kappa shape index (κ1) is 15.2. The van der Waals surface area contributed by atoms with Crippen molar-refractivity contribution in [2.45, 2.75) is 43.7 Å². The molecule has 1 aromatic carbocycles. The number of hydrogen-bond donors (Lipinski definition) is 2. The molecule has 2 atom stereocenters. The number of aryl methyl sites for hydroxylation is 1. The summed E-state index contributed by atoms with van der Waals surface area (Å²) in [5, 5.41) is 0. The molecule has 1 heterocycles. The number of rotatable bonds is 3. The lowest BCUT2D eigenvalue weighted by molar-refractivity contribution is 0.0957. The highest BCUT2D eigenvalue weighted by molar-refractivity contribution is 7.89. The van der Waals surface area contributed by atoms with Gasteiger partial charge in [0, 0.05) is 12.3 Å². The van der Waals surface area contributed by atoms with Gasteiger partial charge in [-0.2, -0.15) is 0 Å². The van der Waals surface area contributed by atoms with Crippen LogP contribution >= 0.6 is 0 Å². The van der Waals surface area contributed by atoms with Crippen LogP contribution in [0.25, 0.3) is 0 Å². The number of benzene rings is 1. The lowest BCUT2D eigenvalue weighted by Crippen LogP contribution is -2.50. The largest absolute Gasteiger partial charge is 0.398 e. The Hall–Kier alpha value is -1.18. The van der Waals surface area contributed by atoms with Gasteiger partial charge in [0.25, 0.3) is 0 Å². The van der Waals surface area contributed by atoms with Crippen LogP contribution in [-0.4, -0.2) is 26.7 Å². The molecule has 0 saturated carbocycles. The van der Waals surface area contributed by atoms with Crippen molar-refractivity contribution < 1.29 is 17.5 Å². The molecule has 20 heavy (non-hydrogen) atoms. The van der Waals surface area contributed by atoms with Gasteiger partial charge in [-0.25, -0.2) is 17.5 Å². The van der Waals surface area contributed by atoms with Crippen LogP contribution in [0, 0.1) is 12.7 Å². The van der Waals surface area contributed by atoms with E-state index in [-0.39, 0.29) is 11.8 Å². The number of halogens is 1. The van der Waals surface area contributed by atoms with Crippen molar-refractivity contribution in [3.05, 3.63) is 23.5 Å². The third-order valence-corrected chi connectivity index (χ3v) is 5.49. The van der Waals surface area contributed by atoms with Crippen LogP contribution in [-0.2, 0) is 14.8 Å². The van der Waals surface area contributed by atoms with Gasteiger partial charge in [-0.1, -0.05) is 0 Å². The van der Waals surface area contributed by atoms with Crippen LogP contribution in [0.5, 0.6) is 0 Å². The summed E-state index contributed by atoms with van der Waals surface area (Å²) in [6.07, 6.45) is 0.263. The Morgan fingerprint density at radius 3 is 2.70 bits per heavy atom. The van der Waals surface area contributed by atoms with Crippen molar-refractivity contribution in [3.63, 3.8) is 0 Å². The Balaban J connectivity index is 2.39. The van der Waals surface area contributed by atoms with Gasteiger partial charge in [0.15, 0.2) is 0 Å². The first-order valence-corrected chi connectivity index (χ1v) is 7.85. The maximum absolute atomic E-state index is 13.9. The number of nitrogens with one attached hydrogen (secondary N) is 1. The summed E-state index contributed by atoms with van der Waals surface area (Å²) in [5.74, 6) is -0.806. The quantitative estimate of drug-likeness (QED) is 0.830. The maximum Gasteiger partial charge on any atom is 0.244 e. The van der Waals surface area contributed by atoms with E-state index in [9.17, 15) is 12.8 Å². The third-order valence-electron chi connectivity index (χ3n) is 3.86. The van der Waals surface area contributed by atoms with E-state index >= 15 is 0 Å². The van der Waals surface area contributed by atoms with E-state index < -0.39 is 26.3 Å². The molecule has 1 aliphatic heterocycles. The average molecular weight is 302 g/mol. The van der Waals surface area contributed by atoms with Gasteiger partial charge in [-0.3, -0.25) is 0 Å². The Morgan fingerprint density at radius 2 is 2.15 bits per heavy atom. The number of anilines is 1. The highest BCUT2D eigenvalue weighted by atomic mass is 32.2. The SMILES string of the molecule is Cc1cc(F)c(S(=O)(=O)NC2(C)CCOC2C)cc1N. The minimum atomic E-state index is -3.99. The zero-order chi connectivity index (χ0) is 15.1. The average Bonchev–Trinajstić information content (AvgIpc) is 2.63. The first-order valence-electron chi connectivity index (χ1n) is 6.37. The molecule has 1 saturated heterocycles. The summed E-state index contributed by atoms with van der Waals surface area (Å²) in [7, 11) is -3.99. The predicted octanol–water partition coefficient (Wildman–Crippen LogP) is 1.56. The molecule has 0 bridgehead atoms. The molecule has 2 rings (SSSR count). The van der Waals surface area contributed by atoms with Crippen molar-refractivity contribution in [2.24, 2.45) is 0 Å². The molecule has 5 nitrogen and oxygen atoms in total. The van der Waals surface area contributed by atoms with E-state index in [4.69, 9.17) is 10.5 Å². The van der Waals surface area contributed by atoms with E-state index in [0.29, 0.717) is 18.6 Å². The van der Waals surface area contributed by atoms with Gasteiger partial charge in [-0.05, 0) is 44.9 Å². The molecule has 0 radical (unpaired) electrons. The first-order chi connectivity index (χ1) is 9.16. The second-order valence-electron chi connectivity index (χ2n) is 5.43. The second kappa shape index (κ2) is 4.98. The molecular formula is C13H19FN2O3S. The summed E-state index contributed by atoms with van der Waals surface area (Å²) in [6.45, 7) is 5.63. The Kier molecular flexibility index (Phi) is 3.79. The van der Waals surface area contributed by atoms with Crippen molar-refractivity contribution in [2.75, 3.05) is 12.3 Å². The number of nitrogens with two attached hydrogens (primary N) is 1. The van der Waals surface area contributed by atoms with Gasteiger partial charge in [0.2, 0.25) is 10.0 Å². The molecule has 1 fully saturated rings. The van der Waals surface area contributed by atoms with Gasteiger partial charge >= 0.3 is 0 Å². The summed E-state index contributed by atoms with van der Waals surface area (Å²) in [5.41, 5.74) is 5.67. The van der Waals surface area contributed by atoms with E-state index in [1.807, 2.05) is 0 Å². The molecule has 1 aromatic rings. The van der Waals surface area contributed by atoms with Crippen LogP contribution in [0.3, 0.4) is 0 Å². The van der Waals surface area contributed by atoms with Crippen LogP contribution in [0.2, 0.25) is 0 Å². The number of hydrogen-bond acceptors (Lipinski definition) is 4. The third kappa shape index (κ3) is 2.65. The van der Waals surface area contributed by atoms with Gasteiger partial charge in [0.05, 0.1) is 11.6 Å². The minimum Gasteiger partial charge on any atom is -0.398 e. The van der Waals surface area contributed by atoms with Gasteiger partial charge in [-0.15, -0.1) is 0 Å². The highest BCUT2D eigenvalue weighted by Crippen LogP contribution is 2.29. The molecule has 2 unspecified atom stereocenters. The molecule has 3 N–H and O–H groups in total. The molecule has 0 aromatic heterocycles. The highest BCUT2D eigenvalue weighted by Gasteiger charge is 2.41. The normalized spacial score (nSPS) is 26.9. The van der Waals surface area contributed by atoms with Crippen molar-refractivity contribution in [1.29, 1.82) is 0 Å². The summed E-state index contributed by atoms with van der Waals surface area (Å²) in [6, 6.07) is 2.28. The fraction of sp³-hybridized carbons (Fsp3) is 0.538. The van der Waals surface area contributed by atoms with Crippen molar-refractivity contribution >= 4 is 15.7 Å². The molecule has 0 aliphatic carbocycles. The number of ether oxygens (including phenoxy) is 1. The Labute approximate surface area is 118 Å². The fourth-order valence-electron chi connectivity index (χ4n) is 2.21. The number of sulfonamides is 1. The van der Waals surface area contributed by atoms with E-state index in [2.05, 4.69) is 4.72 Å². The van der Waals surface area contributed by atoms with E-state index in [1.165, 1.54) is 0 Å². The van der Waals surface area contributed by atoms with Crippen LogP contribution in [0.1, 0.15) is 25.8 Å². The lowest BCUT2D eigenvalue weighted by Gasteiger charge is -2.28. The molecule has 112 valence electrons. The van der Waals surface area contributed by atoms with Crippen molar-refractivity contribution in [1.82, 2.24) is 4.72 Å². The number of nitrogen functional groups attached to an aromatic ring is 1. The second-order valence-corrected chi connectivity index (χ2v) is 7.08. The van der Waals surface area contributed by atoms with Crippen LogP contribution < -0.4 is 10.5 Å². The molecular weight excluding hydrogens is 283 g/mol. The molecule has 0 amide bonds. The van der Waals surface area contributed by atoms with Crippen molar-refractivity contribution in [3.8, 4) is 0 Å². The van der Waals surface area contributed by atoms with Crippen LogP contribution in [0.15, 0.2) is 17.0 Å². The molecule has 0 spiro atoms. The maximum atomic E-state index is 13.9. The standard InChI is InChI=1S/C13H19FN2O3S/c1-8-6-10(14)12(7-11(8)15)20(17,18)16-13(3)4-5-19-9(13)2/h6-7,9,16H,4-5,15H2,1-3H3. The smallest absolute Gasteiger partial charge is 0.244 e. The Bertz CT molecular complexity index is 633. The molecule has 1 aliphatic rings. The van der Waals surface area contributed by atoms with Gasteiger partial charge < -0.3 is 10.5 Å². The fourth-order valence-corrected chi connectivity index (χ4v) is 3.79. The monoisotopic (exact) mass is 302 g/mol.